The Morgan fingerprint density at radius 3 is 2.16 bits per heavy atom. The van der Waals surface area contributed by atoms with Crippen LogP contribution in [0.2, 0.25) is 10.0 Å². The van der Waals surface area contributed by atoms with Crippen molar-refractivity contribution in [1.29, 1.82) is 0 Å². The van der Waals surface area contributed by atoms with Gasteiger partial charge in [0, 0.05) is 29.2 Å². The number of carbonyl (C=O) groups is 2. The number of hydrogen-bond acceptors (Lipinski definition) is 6. The molecular weight excluding hydrogens is 613 g/mol. The fourth-order valence-corrected chi connectivity index (χ4v) is 6.14. The van der Waals surface area contributed by atoms with Gasteiger partial charge in [-0.05, 0) is 60.4 Å². The van der Waals surface area contributed by atoms with Crippen molar-refractivity contribution in [1.82, 2.24) is 10.2 Å². The molecule has 0 spiro atoms. The lowest BCUT2D eigenvalue weighted by Crippen LogP contribution is -2.52. The third kappa shape index (κ3) is 8.55. The van der Waals surface area contributed by atoms with Crippen LogP contribution in [0.5, 0.6) is 11.5 Å². The van der Waals surface area contributed by atoms with Crippen molar-refractivity contribution in [2.24, 2.45) is 5.92 Å². The predicted octanol–water partition coefficient (Wildman–Crippen LogP) is 5.79. The summed E-state index contributed by atoms with van der Waals surface area (Å²) in [5, 5.41) is 3.72. The van der Waals surface area contributed by atoms with Crippen LogP contribution < -0.4 is 19.1 Å². The van der Waals surface area contributed by atoms with Crippen molar-refractivity contribution in [2.75, 3.05) is 31.6 Å². The number of sulfonamides is 1. The van der Waals surface area contributed by atoms with Crippen LogP contribution in [0.4, 0.5) is 5.69 Å². The fourth-order valence-electron chi connectivity index (χ4n) is 4.39. The average Bonchev–Trinajstić information content (AvgIpc) is 2.99. The molecule has 3 aromatic rings. The van der Waals surface area contributed by atoms with Gasteiger partial charge in [0.1, 0.15) is 12.6 Å². The summed E-state index contributed by atoms with van der Waals surface area (Å²) in [6, 6.07) is 16.4. The second-order valence-corrected chi connectivity index (χ2v) is 12.9. The maximum atomic E-state index is 14.2. The van der Waals surface area contributed by atoms with Crippen LogP contribution in [0.25, 0.3) is 0 Å². The predicted molar refractivity (Wildman–Crippen MR) is 169 cm³/mol. The van der Waals surface area contributed by atoms with Crippen molar-refractivity contribution in [3.05, 3.63) is 82.3 Å². The van der Waals surface area contributed by atoms with Gasteiger partial charge in [-0.15, -0.1) is 0 Å². The van der Waals surface area contributed by atoms with E-state index >= 15 is 0 Å². The Labute approximate surface area is 263 Å². The average molecular weight is 651 g/mol. The maximum absolute atomic E-state index is 14.2. The van der Waals surface area contributed by atoms with Crippen molar-refractivity contribution in [3.8, 4) is 11.5 Å². The summed E-state index contributed by atoms with van der Waals surface area (Å²) in [4.78, 5) is 28.8. The second-order valence-electron chi connectivity index (χ2n) is 10.2. The number of carbonyl (C=O) groups excluding carboxylic acids is 2. The molecule has 1 N–H and O–H groups in total. The van der Waals surface area contributed by atoms with E-state index in [1.807, 2.05) is 13.8 Å². The summed E-state index contributed by atoms with van der Waals surface area (Å²) in [6.45, 7) is 5.55. The summed E-state index contributed by atoms with van der Waals surface area (Å²) >= 11 is 12.5. The van der Waals surface area contributed by atoms with E-state index in [1.165, 1.54) is 61.6 Å². The van der Waals surface area contributed by atoms with Crippen LogP contribution in [-0.2, 0) is 26.2 Å². The maximum Gasteiger partial charge on any atom is 0.264 e. The Morgan fingerprint density at radius 1 is 0.930 bits per heavy atom. The second kappa shape index (κ2) is 15.3. The fraction of sp³-hybridized carbons (Fsp3) is 0.355. The molecule has 0 unspecified atom stereocenters. The van der Waals surface area contributed by atoms with Crippen molar-refractivity contribution in [3.63, 3.8) is 0 Å². The van der Waals surface area contributed by atoms with Gasteiger partial charge in [-0.3, -0.25) is 13.9 Å². The molecule has 1 atom stereocenters. The summed E-state index contributed by atoms with van der Waals surface area (Å²) in [5.41, 5.74) is 0.830. The normalized spacial score (nSPS) is 12.0. The number of nitrogens with zero attached hydrogens (tertiary/aromatic N) is 2. The van der Waals surface area contributed by atoms with Gasteiger partial charge >= 0.3 is 0 Å². The zero-order chi connectivity index (χ0) is 31.7. The molecule has 0 fully saturated rings. The van der Waals surface area contributed by atoms with E-state index in [1.54, 1.807) is 31.2 Å². The van der Waals surface area contributed by atoms with Crippen LogP contribution in [0.3, 0.4) is 0 Å². The van der Waals surface area contributed by atoms with Crippen LogP contribution in [0.1, 0.15) is 32.8 Å². The van der Waals surface area contributed by atoms with Gasteiger partial charge in [0.2, 0.25) is 11.8 Å². The van der Waals surface area contributed by atoms with Crippen molar-refractivity contribution >= 4 is 50.7 Å². The molecule has 0 radical (unpaired) electrons. The summed E-state index contributed by atoms with van der Waals surface area (Å²) in [6.07, 6.45) is 0.295. The molecule has 0 saturated heterocycles. The molecule has 0 saturated carbocycles. The number of nitrogens with one attached hydrogen (secondary N) is 1. The van der Waals surface area contributed by atoms with Crippen molar-refractivity contribution < 1.29 is 27.5 Å². The van der Waals surface area contributed by atoms with Crippen LogP contribution in [-0.4, -0.2) is 58.5 Å². The smallest absolute Gasteiger partial charge is 0.264 e. The zero-order valence-corrected chi connectivity index (χ0v) is 27.2. The lowest BCUT2D eigenvalue weighted by Gasteiger charge is -2.33. The first-order valence-corrected chi connectivity index (χ1v) is 15.9. The highest BCUT2D eigenvalue weighted by Gasteiger charge is 2.34. The van der Waals surface area contributed by atoms with E-state index in [9.17, 15) is 18.0 Å². The van der Waals surface area contributed by atoms with Gasteiger partial charge in [-0.2, -0.15) is 0 Å². The quantitative estimate of drug-likeness (QED) is 0.237. The lowest BCUT2D eigenvalue weighted by molar-refractivity contribution is -0.140. The summed E-state index contributed by atoms with van der Waals surface area (Å²) in [7, 11) is -1.48. The van der Waals surface area contributed by atoms with E-state index in [-0.39, 0.29) is 34.7 Å². The van der Waals surface area contributed by atoms with Crippen LogP contribution in [0, 0.1) is 5.92 Å². The number of anilines is 1. The first-order valence-electron chi connectivity index (χ1n) is 13.7. The standard InChI is InChI=1S/C31H37Cl2N3O6S/c1-6-27(31(38)34-18-21(2)3)35(19-22-9-7-8-10-26(22)33)30(37)20-36(24-13-11-23(32)12-14-24)43(39,40)25-15-16-28(41-4)29(17-25)42-5/h7-17,21,27H,6,18-20H2,1-5H3,(H,34,38)/t27-/m0/s1. The molecule has 43 heavy (non-hydrogen) atoms. The highest BCUT2D eigenvalue weighted by molar-refractivity contribution is 7.92. The van der Waals surface area contributed by atoms with Crippen LogP contribution in [0.15, 0.2) is 71.6 Å². The SMILES string of the molecule is CC[C@@H](C(=O)NCC(C)C)N(Cc1ccccc1Cl)C(=O)CN(c1ccc(Cl)cc1)S(=O)(=O)c1ccc(OC)c(OC)c1. The Morgan fingerprint density at radius 2 is 1.58 bits per heavy atom. The van der Waals surface area contributed by atoms with Gasteiger partial charge in [0.05, 0.1) is 24.8 Å². The highest BCUT2D eigenvalue weighted by atomic mass is 35.5. The summed E-state index contributed by atoms with van der Waals surface area (Å²) < 4.78 is 39.8. The molecule has 0 aromatic heterocycles. The number of ether oxygens (including phenoxy) is 2. The number of rotatable bonds is 14. The third-order valence-corrected chi connectivity index (χ3v) is 9.10. The van der Waals surface area contributed by atoms with Crippen LogP contribution >= 0.6 is 23.2 Å². The van der Waals surface area contributed by atoms with E-state index in [2.05, 4.69) is 5.32 Å². The first kappa shape index (κ1) is 34.0. The lowest BCUT2D eigenvalue weighted by atomic mass is 10.1. The molecule has 232 valence electrons. The topological polar surface area (TPSA) is 105 Å². The third-order valence-electron chi connectivity index (χ3n) is 6.71. The minimum atomic E-state index is -4.33. The Hall–Kier alpha value is -3.47. The molecule has 0 heterocycles. The Balaban J connectivity index is 2.09. The number of benzene rings is 3. The number of amides is 2. The zero-order valence-electron chi connectivity index (χ0n) is 24.8. The number of methoxy groups -OCH3 is 2. The Bertz CT molecular complexity index is 1520. The first-order chi connectivity index (χ1) is 20.4. The molecule has 0 aliphatic heterocycles. The monoisotopic (exact) mass is 649 g/mol. The van der Waals surface area contributed by atoms with E-state index in [0.29, 0.717) is 34.3 Å². The van der Waals surface area contributed by atoms with Crippen molar-refractivity contribution in [2.45, 2.75) is 44.7 Å². The molecule has 0 aliphatic rings. The minimum Gasteiger partial charge on any atom is -0.493 e. The molecule has 3 aromatic carbocycles. The minimum absolute atomic E-state index is 0.00300. The summed E-state index contributed by atoms with van der Waals surface area (Å²) in [5.74, 6) is -0.178. The Kier molecular flexibility index (Phi) is 12.1. The highest BCUT2D eigenvalue weighted by Crippen LogP contribution is 2.33. The van der Waals surface area contributed by atoms with E-state index < -0.39 is 28.5 Å². The molecule has 12 heteroatoms. The molecule has 3 rings (SSSR count). The molecule has 0 bridgehead atoms. The van der Waals surface area contributed by atoms with Gasteiger partial charge in [0.25, 0.3) is 10.0 Å². The molecule has 9 nitrogen and oxygen atoms in total. The van der Waals surface area contributed by atoms with E-state index in [4.69, 9.17) is 32.7 Å². The molecular formula is C31H37Cl2N3O6S. The number of halogens is 2. The molecule has 2 amide bonds. The van der Waals surface area contributed by atoms with E-state index in [0.717, 1.165) is 4.31 Å². The molecule has 0 aliphatic carbocycles. The van der Waals surface area contributed by atoms with Gasteiger partial charge in [0.15, 0.2) is 11.5 Å². The van der Waals surface area contributed by atoms with Gasteiger partial charge in [-0.25, -0.2) is 8.42 Å². The number of hydrogen-bond donors (Lipinski definition) is 1. The largest absolute Gasteiger partial charge is 0.493 e. The van der Waals surface area contributed by atoms with Gasteiger partial charge in [-0.1, -0.05) is 62.2 Å². The van der Waals surface area contributed by atoms with Gasteiger partial charge < -0.3 is 19.7 Å².